The summed E-state index contributed by atoms with van der Waals surface area (Å²) in [7, 11) is 0. The van der Waals surface area contributed by atoms with Crippen molar-refractivity contribution in [3.63, 3.8) is 0 Å². The number of rotatable bonds is 2. The van der Waals surface area contributed by atoms with Crippen LogP contribution in [0.1, 0.15) is 27.2 Å². The second-order valence-corrected chi connectivity index (χ2v) is 3.87. The fourth-order valence-corrected chi connectivity index (χ4v) is 1.75. The Morgan fingerprint density at radius 2 is 2.15 bits per heavy atom. The topological polar surface area (TPSA) is 52.6 Å². The molecule has 0 bridgehead atoms. The average Bonchev–Trinajstić information content (AvgIpc) is 2.03. The molecule has 1 saturated heterocycles. The lowest BCUT2D eigenvalue weighted by molar-refractivity contribution is 0.0700. The zero-order chi connectivity index (χ0) is 10.0. The van der Waals surface area contributed by atoms with Gasteiger partial charge >= 0.3 is 6.03 Å². The Morgan fingerprint density at radius 1 is 1.62 bits per heavy atom. The maximum absolute atomic E-state index is 11.5. The molecule has 1 heterocycles. The smallest absolute Gasteiger partial charge is 0.318 e. The molecule has 76 valence electrons. The summed E-state index contributed by atoms with van der Waals surface area (Å²) >= 11 is 0. The number of urea groups is 1. The summed E-state index contributed by atoms with van der Waals surface area (Å²) in [4.78, 5) is 13.3. The van der Waals surface area contributed by atoms with Crippen molar-refractivity contribution >= 4 is 6.03 Å². The van der Waals surface area contributed by atoms with Crippen LogP contribution in [0, 0.1) is 0 Å². The lowest BCUT2D eigenvalue weighted by Gasteiger charge is -2.45. The number of likely N-dealkylation sites (tertiary alicyclic amines) is 1. The van der Waals surface area contributed by atoms with E-state index in [1.165, 1.54) is 0 Å². The van der Waals surface area contributed by atoms with Crippen molar-refractivity contribution in [1.82, 2.24) is 10.2 Å². The van der Waals surface area contributed by atoms with Crippen molar-refractivity contribution in [2.24, 2.45) is 0 Å². The number of hydrogen-bond donors (Lipinski definition) is 2. The van der Waals surface area contributed by atoms with Crippen LogP contribution < -0.4 is 5.32 Å². The van der Waals surface area contributed by atoms with Crippen molar-refractivity contribution in [2.45, 2.75) is 45.3 Å². The summed E-state index contributed by atoms with van der Waals surface area (Å²) < 4.78 is 0. The summed E-state index contributed by atoms with van der Waals surface area (Å²) in [6.45, 7) is 5.84. The van der Waals surface area contributed by atoms with E-state index in [-0.39, 0.29) is 18.7 Å². The van der Waals surface area contributed by atoms with Crippen LogP contribution in [0.5, 0.6) is 0 Å². The maximum atomic E-state index is 11.5. The molecule has 4 heteroatoms. The standard InChI is InChI=1S/C9H18N2O2/c1-6(5-12)10-9(13)11-7(2)4-8(11)3/h6-8,12H,4-5H2,1-3H3,(H,10,13)/t6-,7?,8?/m0/s1. The van der Waals surface area contributed by atoms with Crippen molar-refractivity contribution in [3.8, 4) is 0 Å². The van der Waals surface area contributed by atoms with E-state index in [1.807, 2.05) is 18.7 Å². The van der Waals surface area contributed by atoms with Gasteiger partial charge in [-0.2, -0.15) is 0 Å². The van der Waals surface area contributed by atoms with Crippen LogP contribution in [0.2, 0.25) is 0 Å². The average molecular weight is 186 g/mol. The van der Waals surface area contributed by atoms with Crippen LogP contribution in [0.3, 0.4) is 0 Å². The van der Waals surface area contributed by atoms with Crippen molar-refractivity contribution in [1.29, 1.82) is 0 Å². The summed E-state index contributed by atoms with van der Waals surface area (Å²) in [6.07, 6.45) is 1.07. The van der Waals surface area contributed by atoms with E-state index in [9.17, 15) is 4.79 Å². The molecule has 2 amide bonds. The molecule has 3 atom stereocenters. The first kappa shape index (κ1) is 10.3. The molecule has 0 saturated carbocycles. The summed E-state index contributed by atoms with van der Waals surface area (Å²) in [5, 5.41) is 11.5. The highest BCUT2D eigenvalue weighted by molar-refractivity contribution is 5.76. The van der Waals surface area contributed by atoms with Gasteiger partial charge in [0.15, 0.2) is 0 Å². The molecule has 0 aromatic rings. The van der Waals surface area contributed by atoms with Gasteiger partial charge in [-0.15, -0.1) is 0 Å². The first-order valence-corrected chi connectivity index (χ1v) is 4.76. The normalized spacial score (nSPS) is 29.4. The molecule has 13 heavy (non-hydrogen) atoms. The molecule has 2 unspecified atom stereocenters. The number of carbonyl (C=O) groups is 1. The molecule has 0 spiro atoms. The Hall–Kier alpha value is -0.770. The summed E-state index contributed by atoms with van der Waals surface area (Å²) in [5.41, 5.74) is 0. The Morgan fingerprint density at radius 3 is 2.54 bits per heavy atom. The van der Waals surface area contributed by atoms with Crippen molar-refractivity contribution in [2.75, 3.05) is 6.61 Å². The fraction of sp³-hybridized carbons (Fsp3) is 0.889. The lowest BCUT2D eigenvalue weighted by Crippen LogP contribution is -2.60. The molecule has 1 aliphatic heterocycles. The Bertz CT molecular complexity index is 188. The molecule has 0 aromatic carbocycles. The van der Waals surface area contributed by atoms with Crippen LogP contribution in [0.15, 0.2) is 0 Å². The van der Waals surface area contributed by atoms with Gasteiger partial charge in [-0.05, 0) is 27.2 Å². The monoisotopic (exact) mass is 186 g/mol. The van der Waals surface area contributed by atoms with Crippen LogP contribution in [0.4, 0.5) is 4.79 Å². The highest BCUT2D eigenvalue weighted by Gasteiger charge is 2.35. The van der Waals surface area contributed by atoms with Gasteiger partial charge in [-0.25, -0.2) is 4.79 Å². The van der Waals surface area contributed by atoms with E-state index in [0.29, 0.717) is 12.1 Å². The predicted octanol–water partition coefficient (Wildman–Crippen LogP) is 0.559. The molecule has 1 rings (SSSR count). The number of nitrogens with one attached hydrogen (secondary N) is 1. The number of hydrogen-bond acceptors (Lipinski definition) is 2. The van der Waals surface area contributed by atoms with Crippen molar-refractivity contribution < 1.29 is 9.90 Å². The third-order valence-electron chi connectivity index (χ3n) is 2.51. The van der Waals surface area contributed by atoms with Gasteiger partial charge < -0.3 is 15.3 Å². The first-order valence-electron chi connectivity index (χ1n) is 4.76. The molecule has 1 aliphatic rings. The fourth-order valence-electron chi connectivity index (χ4n) is 1.75. The SMILES string of the molecule is CC1CC(C)N1C(=O)N[C@@H](C)CO. The highest BCUT2D eigenvalue weighted by Crippen LogP contribution is 2.24. The lowest BCUT2D eigenvalue weighted by atomic mass is 9.96. The summed E-state index contributed by atoms with van der Waals surface area (Å²) in [5.74, 6) is 0. The molecular weight excluding hydrogens is 168 g/mol. The minimum absolute atomic E-state index is 0.0116. The summed E-state index contributed by atoms with van der Waals surface area (Å²) in [6, 6.07) is 0.446. The number of aliphatic hydroxyl groups excluding tert-OH is 1. The van der Waals surface area contributed by atoms with E-state index in [2.05, 4.69) is 5.32 Å². The Labute approximate surface area is 78.9 Å². The largest absolute Gasteiger partial charge is 0.394 e. The minimum atomic E-state index is -0.160. The zero-order valence-electron chi connectivity index (χ0n) is 8.45. The van der Waals surface area contributed by atoms with Crippen LogP contribution in [-0.4, -0.2) is 40.8 Å². The van der Waals surface area contributed by atoms with Gasteiger partial charge in [0.05, 0.1) is 12.6 Å². The first-order chi connectivity index (χ1) is 6.06. The van der Waals surface area contributed by atoms with E-state index >= 15 is 0 Å². The number of amides is 2. The second kappa shape index (κ2) is 3.96. The number of nitrogens with zero attached hydrogens (tertiary/aromatic N) is 1. The minimum Gasteiger partial charge on any atom is -0.394 e. The zero-order valence-corrected chi connectivity index (χ0v) is 8.45. The molecular formula is C9H18N2O2. The molecule has 2 N–H and O–H groups in total. The Balaban J connectivity index is 2.39. The molecule has 0 aliphatic carbocycles. The van der Waals surface area contributed by atoms with Gasteiger partial charge in [-0.1, -0.05) is 0 Å². The number of carbonyl (C=O) groups excluding carboxylic acids is 1. The van der Waals surface area contributed by atoms with E-state index in [4.69, 9.17) is 5.11 Å². The van der Waals surface area contributed by atoms with E-state index < -0.39 is 0 Å². The maximum Gasteiger partial charge on any atom is 0.318 e. The van der Waals surface area contributed by atoms with Gasteiger partial charge in [0.2, 0.25) is 0 Å². The van der Waals surface area contributed by atoms with Gasteiger partial charge in [-0.3, -0.25) is 0 Å². The van der Waals surface area contributed by atoms with E-state index in [0.717, 1.165) is 6.42 Å². The quantitative estimate of drug-likeness (QED) is 0.662. The van der Waals surface area contributed by atoms with Crippen LogP contribution in [0.25, 0.3) is 0 Å². The van der Waals surface area contributed by atoms with Gasteiger partial charge in [0, 0.05) is 12.1 Å². The van der Waals surface area contributed by atoms with Gasteiger partial charge in [0.25, 0.3) is 0 Å². The van der Waals surface area contributed by atoms with Crippen LogP contribution >= 0.6 is 0 Å². The van der Waals surface area contributed by atoms with Gasteiger partial charge in [0.1, 0.15) is 0 Å². The Kier molecular flexibility index (Phi) is 3.14. The number of aliphatic hydroxyl groups is 1. The van der Waals surface area contributed by atoms with Crippen molar-refractivity contribution in [3.05, 3.63) is 0 Å². The molecule has 0 radical (unpaired) electrons. The molecule has 4 nitrogen and oxygen atoms in total. The van der Waals surface area contributed by atoms with E-state index in [1.54, 1.807) is 6.92 Å². The predicted molar refractivity (Wildman–Crippen MR) is 50.5 cm³/mol. The highest BCUT2D eigenvalue weighted by atomic mass is 16.3. The third kappa shape index (κ3) is 2.12. The second-order valence-electron chi connectivity index (χ2n) is 3.87. The molecule has 0 aromatic heterocycles. The third-order valence-corrected chi connectivity index (χ3v) is 2.51. The molecule has 1 fully saturated rings. The van der Waals surface area contributed by atoms with Crippen LogP contribution in [-0.2, 0) is 0 Å².